The van der Waals surface area contributed by atoms with Gasteiger partial charge < -0.3 is 0 Å². The smallest absolute Gasteiger partial charge is 0.0813 e. The second-order valence-electron chi connectivity index (χ2n) is 4.91. The molecule has 0 aromatic heterocycles. The van der Waals surface area contributed by atoms with E-state index in [9.17, 15) is 0 Å². The van der Waals surface area contributed by atoms with Gasteiger partial charge in [-0.05, 0) is 27.7 Å². The Kier molecular flexibility index (Phi) is 9.51. The molecule has 0 aliphatic carbocycles. The van der Waals surface area contributed by atoms with Crippen molar-refractivity contribution in [1.29, 1.82) is 0 Å². The van der Waals surface area contributed by atoms with Gasteiger partial charge in [-0.2, -0.15) is 0 Å². The van der Waals surface area contributed by atoms with Gasteiger partial charge in [0.05, 0.1) is 46.2 Å². The Labute approximate surface area is 127 Å². The molecule has 5 heteroatoms. The molecule has 0 nitrogen and oxygen atoms in total. The number of rotatable bonds is 8. The van der Waals surface area contributed by atoms with Gasteiger partial charge in [0.2, 0.25) is 0 Å². The normalized spacial score (nSPS) is 22.6. The zero-order valence-corrected chi connectivity index (χ0v) is 15.0. The van der Waals surface area contributed by atoms with Gasteiger partial charge in [0.25, 0.3) is 0 Å². The predicted molar refractivity (Wildman–Crippen MR) is 87.6 cm³/mol. The zero-order valence-electron chi connectivity index (χ0n) is 11.1. The molecule has 0 heterocycles. The molecular weight excluding hydrogens is 317 g/mol. The molecule has 0 rings (SSSR count). The summed E-state index contributed by atoms with van der Waals surface area (Å²) in [6.45, 7) is 8.93. The van der Waals surface area contributed by atoms with E-state index in [1.54, 1.807) is 0 Å². The summed E-state index contributed by atoms with van der Waals surface area (Å²) in [5, 5.41) is 0. The lowest BCUT2D eigenvalue weighted by molar-refractivity contribution is 0.867. The van der Waals surface area contributed by atoms with Crippen molar-refractivity contribution in [2.45, 2.75) is 50.3 Å². The molecule has 0 radical (unpaired) electrons. The monoisotopic (exact) mass is 339 g/mol. The molecule has 0 aromatic carbocycles. The first-order valence-electron chi connectivity index (χ1n) is 6.04. The molecule has 4 unspecified atom stereocenters. The summed E-state index contributed by atoms with van der Waals surface area (Å²) in [4.78, 5) is 0. The molecule has 0 aliphatic heterocycles. The van der Waals surface area contributed by atoms with Crippen molar-refractivity contribution in [2.24, 2.45) is 0 Å². The van der Waals surface area contributed by atoms with Crippen molar-refractivity contribution in [3.63, 3.8) is 0 Å². The minimum Gasteiger partial charge on any atom is -0.122 e. The second kappa shape index (κ2) is 8.70. The summed E-state index contributed by atoms with van der Waals surface area (Å²) >= 11 is 24.6. The molecule has 0 aromatic rings. The molecule has 0 aliphatic rings. The molecule has 0 amide bonds. The average molecular weight is 341 g/mol. The third-order valence-corrected chi connectivity index (χ3v) is 13.5. The SMILES string of the molecule is CC(CCl)[P+](C(C)CCl)(C(C)CCl)C(C)CCl. The highest BCUT2D eigenvalue weighted by Crippen LogP contribution is 2.74. The van der Waals surface area contributed by atoms with Crippen LogP contribution in [0.4, 0.5) is 0 Å². The predicted octanol–water partition coefficient (Wildman–Crippen LogP) is 5.51. The van der Waals surface area contributed by atoms with Crippen LogP contribution in [0.25, 0.3) is 0 Å². The van der Waals surface area contributed by atoms with Crippen LogP contribution in [0.1, 0.15) is 27.7 Å². The fraction of sp³-hybridized carbons (Fsp3) is 1.00. The number of alkyl halides is 4. The van der Waals surface area contributed by atoms with Crippen LogP contribution in [0.15, 0.2) is 0 Å². The van der Waals surface area contributed by atoms with E-state index in [1.807, 2.05) is 0 Å². The fourth-order valence-electron chi connectivity index (χ4n) is 3.08. The van der Waals surface area contributed by atoms with Crippen LogP contribution >= 0.6 is 53.7 Å². The Morgan fingerprint density at radius 2 is 0.765 bits per heavy atom. The van der Waals surface area contributed by atoms with Crippen LogP contribution in [0, 0.1) is 0 Å². The number of hydrogen-bond acceptors (Lipinski definition) is 0. The van der Waals surface area contributed by atoms with Gasteiger partial charge in [0.1, 0.15) is 0 Å². The van der Waals surface area contributed by atoms with Gasteiger partial charge in [0, 0.05) is 7.26 Å². The van der Waals surface area contributed by atoms with Gasteiger partial charge in [0.15, 0.2) is 0 Å². The largest absolute Gasteiger partial charge is 0.122 e. The van der Waals surface area contributed by atoms with Crippen molar-refractivity contribution >= 4 is 53.7 Å². The standard InChI is InChI=1S/C12H24Cl4P/c1-9(5-13)17(10(2)6-14,11(3)7-15)12(4)8-16/h9-12H,5-8H2,1-4H3/q+1. The molecule has 0 bridgehead atoms. The molecule has 0 fully saturated rings. The number of halogens is 4. The summed E-state index contributed by atoms with van der Waals surface area (Å²) in [5.74, 6) is 2.66. The first-order chi connectivity index (χ1) is 7.93. The Morgan fingerprint density at radius 3 is 0.882 bits per heavy atom. The van der Waals surface area contributed by atoms with Gasteiger partial charge in [-0.25, -0.2) is 0 Å². The van der Waals surface area contributed by atoms with E-state index in [4.69, 9.17) is 46.4 Å². The van der Waals surface area contributed by atoms with Crippen LogP contribution in [-0.2, 0) is 0 Å². The van der Waals surface area contributed by atoms with E-state index >= 15 is 0 Å². The van der Waals surface area contributed by atoms with E-state index in [-0.39, 0.29) is 0 Å². The Balaban J connectivity index is 5.51. The summed E-state index contributed by atoms with van der Waals surface area (Å²) < 4.78 is 0. The lowest BCUT2D eigenvalue weighted by Gasteiger charge is -2.44. The molecule has 0 saturated heterocycles. The lowest BCUT2D eigenvalue weighted by Crippen LogP contribution is -2.38. The molecule has 0 saturated carbocycles. The van der Waals surface area contributed by atoms with Crippen molar-refractivity contribution < 1.29 is 0 Å². The van der Waals surface area contributed by atoms with Crippen LogP contribution in [0.5, 0.6) is 0 Å². The topological polar surface area (TPSA) is 0 Å². The van der Waals surface area contributed by atoms with Gasteiger partial charge in [-0.15, -0.1) is 46.4 Å². The Morgan fingerprint density at radius 1 is 0.588 bits per heavy atom. The molecule has 104 valence electrons. The maximum Gasteiger partial charge on any atom is 0.0813 e. The van der Waals surface area contributed by atoms with Crippen LogP contribution < -0.4 is 0 Å². The van der Waals surface area contributed by atoms with E-state index in [0.717, 1.165) is 0 Å². The lowest BCUT2D eigenvalue weighted by atomic mass is 10.5. The Bertz CT molecular complexity index is 167. The highest BCUT2D eigenvalue weighted by Gasteiger charge is 2.55. The van der Waals surface area contributed by atoms with Gasteiger partial charge >= 0.3 is 0 Å². The van der Waals surface area contributed by atoms with E-state index < -0.39 is 7.26 Å². The fourth-order valence-corrected chi connectivity index (χ4v) is 12.1. The van der Waals surface area contributed by atoms with Gasteiger partial charge in [-0.1, -0.05) is 0 Å². The first kappa shape index (κ1) is 18.6. The highest BCUT2D eigenvalue weighted by molar-refractivity contribution is 7.78. The summed E-state index contributed by atoms with van der Waals surface area (Å²) in [6, 6.07) is 0. The van der Waals surface area contributed by atoms with Crippen LogP contribution in [0.3, 0.4) is 0 Å². The molecular formula is C12H24Cl4P+. The maximum atomic E-state index is 6.14. The third-order valence-electron chi connectivity index (χ3n) is 3.95. The van der Waals surface area contributed by atoms with Crippen LogP contribution in [0.2, 0.25) is 0 Å². The summed E-state index contributed by atoms with van der Waals surface area (Å²) in [7, 11) is -1.39. The second-order valence-corrected chi connectivity index (χ2v) is 11.5. The van der Waals surface area contributed by atoms with Crippen molar-refractivity contribution in [3.05, 3.63) is 0 Å². The summed E-state index contributed by atoms with van der Waals surface area (Å²) in [6.07, 6.45) is 0. The molecule has 17 heavy (non-hydrogen) atoms. The first-order valence-corrected chi connectivity index (χ1v) is 10.2. The quantitative estimate of drug-likeness (QED) is 0.403. The van der Waals surface area contributed by atoms with Crippen molar-refractivity contribution in [1.82, 2.24) is 0 Å². The summed E-state index contributed by atoms with van der Waals surface area (Å²) in [5.41, 5.74) is 1.83. The van der Waals surface area contributed by atoms with Crippen molar-refractivity contribution in [2.75, 3.05) is 23.5 Å². The highest BCUT2D eigenvalue weighted by atomic mass is 35.5. The van der Waals surface area contributed by atoms with E-state index in [0.29, 0.717) is 46.2 Å². The molecule has 0 N–H and O–H groups in total. The Hall–Kier alpha value is 1.59. The zero-order chi connectivity index (χ0) is 13.6. The molecule has 4 atom stereocenters. The van der Waals surface area contributed by atoms with Crippen LogP contribution in [-0.4, -0.2) is 46.2 Å². The van der Waals surface area contributed by atoms with Crippen molar-refractivity contribution in [3.8, 4) is 0 Å². The maximum absolute atomic E-state index is 6.14. The van der Waals surface area contributed by atoms with E-state index in [2.05, 4.69) is 27.7 Å². The minimum absolute atomic E-state index is 0.459. The number of hydrogen-bond donors (Lipinski definition) is 0. The molecule has 0 spiro atoms. The third kappa shape index (κ3) is 3.79. The average Bonchev–Trinajstić information content (AvgIpc) is 2.37. The minimum atomic E-state index is -1.39. The van der Waals surface area contributed by atoms with Gasteiger partial charge in [-0.3, -0.25) is 0 Å². The van der Waals surface area contributed by atoms with E-state index in [1.165, 1.54) is 0 Å².